The van der Waals surface area contributed by atoms with Gasteiger partial charge in [-0.25, -0.2) is 0 Å². The molecule has 0 saturated carbocycles. The fraction of sp³-hybridized carbons (Fsp3) is 0. The van der Waals surface area contributed by atoms with Crippen LogP contribution in [0.4, 0.5) is 0 Å². The van der Waals surface area contributed by atoms with Crippen LogP contribution in [0.2, 0.25) is 0 Å². The van der Waals surface area contributed by atoms with Crippen LogP contribution in [0.1, 0.15) is 16.7 Å². The summed E-state index contributed by atoms with van der Waals surface area (Å²) in [6.07, 6.45) is 0. The molecule has 0 bridgehead atoms. The summed E-state index contributed by atoms with van der Waals surface area (Å²) in [4.78, 5) is 0. The van der Waals surface area contributed by atoms with Crippen molar-refractivity contribution in [3.8, 4) is 11.5 Å². The lowest BCUT2D eigenvalue weighted by Crippen LogP contribution is -2.33. The summed E-state index contributed by atoms with van der Waals surface area (Å²) < 4.78 is 13.2. The molecule has 0 aliphatic rings. The molecule has 0 aromatic heterocycles. The maximum absolute atomic E-state index is 6.58. The van der Waals surface area contributed by atoms with Crippen molar-refractivity contribution < 1.29 is 9.31 Å². The monoisotopic (exact) mass is 452 g/mol. The average molecular weight is 452 g/mol. The highest BCUT2D eigenvalue weighted by Gasteiger charge is 2.34. The van der Waals surface area contributed by atoms with Crippen molar-refractivity contribution in [2.75, 3.05) is 0 Å². The minimum absolute atomic E-state index is 0.697. The van der Waals surface area contributed by atoms with E-state index in [-0.39, 0.29) is 0 Å². The van der Waals surface area contributed by atoms with Gasteiger partial charge >= 0.3 is 7.12 Å². The summed E-state index contributed by atoms with van der Waals surface area (Å²) in [7, 11) is -0.697. The number of hydrogen-bond donors (Lipinski definition) is 0. The largest absolute Gasteiger partial charge is 0.633 e. The van der Waals surface area contributed by atoms with Crippen molar-refractivity contribution in [1.29, 1.82) is 0 Å². The van der Waals surface area contributed by atoms with Gasteiger partial charge in [-0.1, -0.05) is 127 Å². The van der Waals surface area contributed by atoms with E-state index >= 15 is 0 Å². The van der Waals surface area contributed by atoms with E-state index < -0.39 is 7.12 Å². The lowest BCUT2D eigenvalue weighted by Gasteiger charge is -2.23. The van der Waals surface area contributed by atoms with Crippen LogP contribution in [0.15, 0.2) is 152 Å². The van der Waals surface area contributed by atoms with Crippen LogP contribution in [-0.2, 0) is 0 Å². The second-order valence-corrected chi connectivity index (χ2v) is 8.08. The lowest BCUT2D eigenvalue weighted by molar-refractivity contribution is 0.440. The molecule has 168 valence electrons. The molecule has 0 radical (unpaired) electrons. The van der Waals surface area contributed by atoms with Gasteiger partial charge in [-0.2, -0.15) is 0 Å². The minimum atomic E-state index is -0.697. The first-order chi connectivity index (χ1) is 17.4. The van der Waals surface area contributed by atoms with Crippen molar-refractivity contribution in [1.82, 2.24) is 0 Å². The van der Waals surface area contributed by atoms with Gasteiger partial charge in [0.2, 0.25) is 0 Å². The Balaban J connectivity index is 1.77. The molecule has 0 atom stereocenters. The van der Waals surface area contributed by atoms with Crippen molar-refractivity contribution >= 4 is 18.2 Å². The maximum Gasteiger partial charge on any atom is 0.633 e. The normalized spacial score (nSPS) is 10.3. The molecule has 5 aromatic rings. The summed E-state index contributed by atoms with van der Waals surface area (Å²) in [6.45, 7) is 0. The molecule has 0 aliphatic heterocycles. The minimum Gasteiger partial charge on any atom is -0.522 e. The number of benzene rings is 5. The van der Waals surface area contributed by atoms with Crippen LogP contribution in [0.5, 0.6) is 11.5 Å². The second kappa shape index (κ2) is 11.1. The SMILES string of the molecule is c1ccc(OB(Oc2ccccc2)C(=C(c2ccccc2)c2ccccc2)c2ccccc2)cc1. The molecular weight excluding hydrogens is 427 g/mol. The first kappa shape index (κ1) is 22.3. The van der Waals surface area contributed by atoms with Crippen molar-refractivity contribution in [2.24, 2.45) is 0 Å². The van der Waals surface area contributed by atoms with Gasteiger partial charge in [0, 0.05) is 5.47 Å². The highest BCUT2D eigenvalue weighted by molar-refractivity contribution is 6.72. The Labute approximate surface area is 207 Å². The predicted molar refractivity (Wildman–Crippen MR) is 145 cm³/mol. The lowest BCUT2D eigenvalue weighted by atomic mass is 9.68. The molecule has 2 nitrogen and oxygen atoms in total. The molecule has 0 heterocycles. The summed E-state index contributed by atoms with van der Waals surface area (Å²) in [5, 5.41) is 0. The third-order valence-electron chi connectivity index (χ3n) is 5.69. The van der Waals surface area contributed by atoms with E-state index in [1.807, 2.05) is 91.0 Å². The third kappa shape index (κ3) is 5.53. The average Bonchev–Trinajstić information content (AvgIpc) is 2.94. The van der Waals surface area contributed by atoms with E-state index in [9.17, 15) is 0 Å². The van der Waals surface area contributed by atoms with E-state index in [1.165, 1.54) is 0 Å². The Morgan fingerprint density at radius 2 is 0.686 bits per heavy atom. The zero-order chi connectivity index (χ0) is 23.7. The second-order valence-electron chi connectivity index (χ2n) is 8.08. The predicted octanol–water partition coefficient (Wildman–Crippen LogP) is 7.83. The van der Waals surface area contributed by atoms with Crippen LogP contribution in [-0.4, -0.2) is 7.12 Å². The van der Waals surface area contributed by atoms with E-state index in [2.05, 4.69) is 60.7 Å². The molecule has 35 heavy (non-hydrogen) atoms. The number of rotatable bonds is 8. The Bertz CT molecular complexity index is 1270. The van der Waals surface area contributed by atoms with E-state index in [4.69, 9.17) is 9.31 Å². The van der Waals surface area contributed by atoms with Gasteiger partial charge in [-0.3, -0.25) is 0 Å². The number of hydrogen-bond acceptors (Lipinski definition) is 2. The highest BCUT2D eigenvalue weighted by atomic mass is 16.6. The fourth-order valence-electron chi connectivity index (χ4n) is 4.09. The third-order valence-corrected chi connectivity index (χ3v) is 5.69. The quantitative estimate of drug-likeness (QED) is 0.176. The van der Waals surface area contributed by atoms with E-state index in [0.29, 0.717) is 0 Å². The summed E-state index contributed by atoms with van der Waals surface area (Å²) in [5.41, 5.74) is 5.24. The topological polar surface area (TPSA) is 18.5 Å². The van der Waals surface area contributed by atoms with Crippen molar-refractivity contribution in [3.05, 3.63) is 168 Å². The van der Waals surface area contributed by atoms with E-state index in [1.54, 1.807) is 0 Å². The zero-order valence-electron chi connectivity index (χ0n) is 19.3. The van der Waals surface area contributed by atoms with Gasteiger partial charge in [0.15, 0.2) is 0 Å². The van der Waals surface area contributed by atoms with Crippen LogP contribution in [0.3, 0.4) is 0 Å². The molecule has 0 fully saturated rings. The zero-order valence-corrected chi connectivity index (χ0v) is 19.3. The summed E-state index contributed by atoms with van der Waals surface area (Å²) in [5.74, 6) is 1.48. The summed E-state index contributed by atoms with van der Waals surface area (Å²) in [6, 6.07) is 50.8. The highest BCUT2D eigenvalue weighted by Crippen LogP contribution is 2.35. The van der Waals surface area contributed by atoms with Crippen LogP contribution in [0.25, 0.3) is 11.0 Å². The molecule has 5 rings (SSSR count). The van der Waals surface area contributed by atoms with Gasteiger partial charge < -0.3 is 9.31 Å². The fourth-order valence-corrected chi connectivity index (χ4v) is 4.09. The Kier molecular flexibility index (Phi) is 7.06. The molecule has 3 heteroatoms. The van der Waals surface area contributed by atoms with Crippen LogP contribution >= 0.6 is 0 Å². The van der Waals surface area contributed by atoms with Gasteiger partial charge in [-0.15, -0.1) is 0 Å². The first-order valence-electron chi connectivity index (χ1n) is 11.7. The van der Waals surface area contributed by atoms with Crippen molar-refractivity contribution in [3.63, 3.8) is 0 Å². The molecule has 0 spiro atoms. The van der Waals surface area contributed by atoms with Gasteiger partial charge in [-0.05, 0) is 46.5 Å². The van der Waals surface area contributed by atoms with Crippen LogP contribution in [0, 0.1) is 0 Å². The first-order valence-corrected chi connectivity index (χ1v) is 11.7. The number of para-hydroxylation sites is 2. The molecule has 0 saturated heterocycles. The van der Waals surface area contributed by atoms with Crippen LogP contribution < -0.4 is 9.31 Å². The van der Waals surface area contributed by atoms with E-state index in [0.717, 1.165) is 39.2 Å². The standard InChI is InChI=1S/C32H25BO2/c1-6-16-26(17-7-1)31(27-18-8-2-9-19-27)32(28-20-10-3-11-21-28)33(34-29-22-12-4-13-23-29)35-30-24-14-5-15-25-30/h1-25H. The molecule has 0 unspecified atom stereocenters. The van der Waals surface area contributed by atoms with Gasteiger partial charge in [0.05, 0.1) is 0 Å². The molecule has 0 amide bonds. The maximum atomic E-state index is 6.58. The Morgan fingerprint density at radius 3 is 1.06 bits per heavy atom. The Hall–Kier alpha value is -4.50. The van der Waals surface area contributed by atoms with Gasteiger partial charge in [0.25, 0.3) is 0 Å². The molecule has 0 N–H and O–H groups in total. The smallest absolute Gasteiger partial charge is 0.522 e. The molecular formula is C32H25BO2. The van der Waals surface area contributed by atoms with Crippen molar-refractivity contribution in [2.45, 2.75) is 0 Å². The summed E-state index contributed by atoms with van der Waals surface area (Å²) >= 11 is 0. The molecule has 5 aromatic carbocycles. The van der Waals surface area contributed by atoms with Gasteiger partial charge in [0.1, 0.15) is 11.5 Å². The molecule has 0 aliphatic carbocycles. The Morgan fingerprint density at radius 1 is 0.371 bits per heavy atom.